The third-order valence-corrected chi connectivity index (χ3v) is 7.68. The van der Waals surface area contributed by atoms with E-state index in [2.05, 4.69) is 10.5 Å². The average Bonchev–Trinajstić information content (AvgIpc) is 3.23. The van der Waals surface area contributed by atoms with Crippen molar-refractivity contribution >= 4 is 23.6 Å². The molecule has 0 aliphatic carbocycles. The maximum Gasteiger partial charge on any atom is 0.414 e. The maximum atomic E-state index is 14.2. The number of nitrogens with zero attached hydrogens (tertiary/aromatic N) is 4. The van der Waals surface area contributed by atoms with Crippen molar-refractivity contribution in [2.75, 3.05) is 20.6 Å². The number of halogens is 2. The molecule has 1 N–H and O–H groups in total. The largest absolute Gasteiger partial charge is 0.414 e. The molecule has 0 saturated carbocycles. The van der Waals surface area contributed by atoms with E-state index in [-0.39, 0.29) is 30.4 Å². The van der Waals surface area contributed by atoms with Crippen LogP contribution in [-0.2, 0) is 11.4 Å². The second kappa shape index (κ2) is 10.0. The number of hydrogen-bond donors (Lipinski definition) is 1. The van der Waals surface area contributed by atoms with Crippen LogP contribution in [0.4, 0.5) is 13.6 Å². The molecule has 0 radical (unpaired) electrons. The fourth-order valence-corrected chi connectivity index (χ4v) is 5.48. The number of nitrogens with one attached hydrogen (secondary N) is 1. The van der Waals surface area contributed by atoms with Gasteiger partial charge in [0, 0.05) is 57.5 Å². The highest BCUT2D eigenvalue weighted by molar-refractivity contribution is 6.00. The fraction of sp³-hybridized carbons (Fsp3) is 0.444. The van der Waals surface area contributed by atoms with Gasteiger partial charge in [-0.15, -0.1) is 0 Å². The smallest absolute Gasteiger partial charge is 0.403 e. The van der Waals surface area contributed by atoms with E-state index < -0.39 is 57.9 Å². The number of aromatic nitrogens is 1. The molecule has 1 spiro atoms. The van der Waals surface area contributed by atoms with Crippen molar-refractivity contribution in [2.45, 2.75) is 57.3 Å². The Bertz CT molecular complexity index is 1500. The molecule has 212 valence electrons. The Kier molecular flexibility index (Phi) is 6.84. The van der Waals surface area contributed by atoms with Crippen LogP contribution >= 0.6 is 0 Å². The molecule has 3 atom stereocenters. The zero-order valence-corrected chi connectivity index (χ0v) is 22.5. The molecule has 0 unspecified atom stereocenters. The first-order valence-electron chi connectivity index (χ1n) is 12.8. The molecular weight excluding hydrogens is 528 g/mol. The molecule has 2 aromatic rings. The normalized spacial score (nSPS) is 23.2. The van der Waals surface area contributed by atoms with Crippen LogP contribution in [0.1, 0.15) is 65.6 Å². The predicted molar refractivity (Wildman–Crippen MR) is 138 cm³/mol. The molecule has 1 fully saturated rings. The van der Waals surface area contributed by atoms with Crippen molar-refractivity contribution in [3.05, 3.63) is 63.1 Å². The lowest BCUT2D eigenvalue weighted by Crippen LogP contribution is -2.52. The summed E-state index contributed by atoms with van der Waals surface area (Å²) in [6.45, 7) is 3.61. The Hall–Kier alpha value is -4.29. The minimum absolute atomic E-state index is 0.00146. The van der Waals surface area contributed by atoms with Gasteiger partial charge in [-0.2, -0.15) is 0 Å². The number of carbonyl (C=O) groups is 3. The number of benzene rings is 1. The van der Waals surface area contributed by atoms with Crippen LogP contribution in [0.2, 0.25) is 0 Å². The van der Waals surface area contributed by atoms with Gasteiger partial charge < -0.3 is 29.3 Å². The van der Waals surface area contributed by atoms with Crippen molar-refractivity contribution in [1.29, 1.82) is 0 Å². The van der Waals surface area contributed by atoms with E-state index in [1.807, 2.05) is 13.8 Å². The fourth-order valence-electron chi connectivity index (χ4n) is 5.48. The summed E-state index contributed by atoms with van der Waals surface area (Å²) in [5, 5.41) is 6.64. The lowest BCUT2D eigenvalue weighted by Gasteiger charge is -2.42. The summed E-state index contributed by atoms with van der Waals surface area (Å²) in [5.74, 6) is -3.63. The summed E-state index contributed by atoms with van der Waals surface area (Å²) in [4.78, 5) is 62.0. The number of carbonyl (C=O) groups excluding carboxylic acids is 3. The summed E-state index contributed by atoms with van der Waals surface area (Å²) < 4.78 is 34.4. The second-order valence-electron chi connectivity index (χ2n) is 10.7. The molecule has 40 heavy (non-hydrogen) atoms. The molecule has 3 aliphatic heterocycles. The predicted octanol–water partition coefficient (Wildman–Crippen LogP) is 2.83. The Morgan fingerprint density at radius 2 is 2.02 bits per heavy atom. The van der Waals surface area contributed by atoms with Crippen LogP contribution in [0.15, 0.2) is 34.3 Å². The van der Waals surface area contributed by atoms with Crippen molar-refractivity contribution in [3.8, 4) is 5.75 Å². The van der Waals surface area contributed by atoms with Crippen LogP contribution < -0.4 is 15.5 Å². The summed E-state index contributed by atoms with van der Waals surface area (Å²) in [7, 11) is 2.82. The average molecular weight is 558 g/mol. The molecule has 3 aliphatic rings. The van der Waals surface area contributed by atoms with E-state index >= 15 is 0 Å². The van der Waals surface area contributed by atoms with E-state index in [0.29, 0.717) is 25.3 Å². The van der Waals surface area contributed by atoms with Gasteiger partial charge in [0.25, 0.3) is 11.8 Å². The van der Waals surface area contributed by atoms with E-state index in [1.54, 1.807) is 4.90 Å². The number of rotatable bonds is 4. The summed E-state index contributed by atoms with van der Waals surface area (Å²) in [5.41, 5.74) is -1.66. The van der Waals surface area contributed by atoms with E-state index in [1.165, 1.54) is 30.9 Å². The van der Waals surface area contributed by atoms with Gasteiger partial charge in [0.05, 0.1) is 11.8 Å². The molecule has 11 nitrogen and oxygen atoms in total. The highest BCUT2D eigenvalue weighted by Crippen LogP contribution is 2.46. The summed E-state index contributed by atoms with van der Waals surface area (Å²) in [6.07, 6.45) is 1.97. The first kappa shape index (κ1) is 27.3. The zero-order chi connectivity index (χ0) is 28.9. The van der Waals surface area contributed by atoms with Crippen LogP contribution in [0, 0.1) is 11.6 Å². The van der Waals surface area contributed by atoms with E-state index in [9.17, 15) is 28.0 Å². The Morgan fingerprint density at radius 3 is 2.67 bits per heavy atom. The van der Waals surface area contributed by atoms with Gasteiger partial charge in [0.15, 0.2) is 11.3 Å². The van der Waals surface area contributed by atoms with Gasteiger partial charge in [-0.05, 0) is 32.8 Å². The molecule has 1 saturated heterocycles. The minimum atomic E-state index is -0.979. The number of oxime groups is 1. The van der Waals surface area contributed by atoms with Crippen LogP contribution in [0.25, 0.3) is 0 Å². The highest BCUT2D eigenvalue weighted by Gasteiger charge is 2.54. The first-order valence-corrected chi connectivity index (χ1v) is 12.8. The number of amides is 3. The monoisotopic (exact) mass is 557 g/mol. The minimum Gasteiger partial charge on any atom is -0.403 e. The van der Waals surface area contributed by atoms with Gasteiger partial charge in [-0.1, -0.05) is 11.2 Å². The lowest BCUT2D eigenvalue weighted by molar-refractivity contribution is -0.0655. The quantitative estimate of drug-likeness (QED) is 0.617. The molecular formula is C27H29F2N5O6. The Morgan fingerprint density at radius 1 is 1.27 bits per heavy atom. The van der Waals surface area contributed by atoms with Gasteiger partial charge >= 0.3 is 6.09 Å². The number of hydrogen-bond acceptors (Lipinski definition) is 7. The second-order valence-corrected chi connectivity index (χ2v) is 10.7. The Balaban J connectivity index is 1.63. The van der Waals surface area contributed by atoms with Crippen molar-refractivity contribution in [2.24, 2.45) is 5.16 Å². The SMILES string of the molecule is CC1=NO[C@@]2(CC[C@H](C)N3C[C@H]2n2cc(C(=O)NCc4ccc(F)cc4F)c(=O)c(OC(=O)N(C)C)c2C3=O)C1. The van der Waals surface area contributed by atoms with Gasteiger partial charge in [-0.3, -0.25) is 14.4 Å². The topological polar surface area (TPSA) is 123 Å². The Labute approximate surface area is 228 Å². The van der Waals surface area contributed by atoms with Crippen molar-refractivity contribution in [3.63, 3.8) is 0 Å². The molecule has 5 rings (SSSR count). The van der Waals surface area contributed by atoms with E-state index in [4.69, 9.17) is 9.57 Å². The number of pyridine rings is 1. The number of ether oxygens (including phenoxy) is 1. The van der Waals surface area contributed by atoms with Gasteiger partial charge in [0.2, 0.25) is 11.2 Å². The third-order valence-electron chi connectivity index (χ3n) is 7.68. The molecule has 1 aromatic heterocycles. The molecule has 2 bridgehead atoms. The first-order chi connectivity index (χ1) is 18.9. The van der Waals surface area contributed by atoms with Crippen molar-refractivity contribution < 1.29 is 32.7 Å². The standard InChI is InChI=1S/C27H29F2N5O6/c1-14-10-27(40-31-14)8-7-15(2)33-13-20(27)34-12-18(24(36)30-11-16-5-6-17(28)9-19(16)29)22(35)23(21(34)25(33)37)39-26(38)32(3)4/h5-6,9,12,15,20H,7-8,10-11,13H2,1-4H3,(H,30,36)/t15-,20+,27-/m0/s1. The summed E-state index contributed by atoms with van der Waals surface area (Å²) >= 11 is 0. The van der Waals surface area contributed by atoms with Crippen molar-refractivity contribution in [1.82, 2.24) is 19.7 Å². The number of fused-ring (bicyclic) bond motifs is 5. The molecule has 4 heterocycles. The summed E-state index contributed by atoms with van der Waals surface area (Å²) in [6, 6.07) is 2.15. The van der Waals surface area contributed by atoms with E-state index in [0.717, 1.165) is 16.7 Å². The maximum absolute atomic E-state index is 14.2. The highest BCUT2D eigenvalue weighted by atomic mass is 19.1. The van der Waals surface area contributed by atoms with Gasteiger partial charge in [0.1, 0.15) is 17.2 Å². The third kappa shape index (κ3) is 4.58. The lowest BCUT2D eigenvalue weighted by atomic mass is 9.84. The van der Waals surface area contributed by atoms with Crippen LogP contribution in [0.3, 0.4) is 0 Å². The van der Waals surface area contributed by atoms with Crippen LogP contribution in [0.5, 0.6) is 5.75 Å². The van der Waals surface area contributed by atoms with Crippen LogP contribution in [-0.4, -0.2) is 70.3 Å². The molecule has 13 heteroatoms. The van der Waals surface area contributed by atoms with Gasteiger partial charge in [-0.25, -0.2) is 13.6 Å². The molecule has 1 aromatic carbocycles. The zero-order valence-electron chi connectivity index (χ0n) is 22.5. The molecule has 3 amide bonds.